The number of carbonyl (C=O) groups excluding carboxylic acids is 2. The minimum absolute atomic E-state index is 0.00616. The van der Waals surface area contributed by atoms with Crippen LogP contribution in [-0.4, -0.2) is 49.4 Å². The van der Waals surface area contributed by atoms with Gasteiger partial charge >= 0.3 is 0 Å². The molecule has 0 saturated heterocycles. The monoisotopic (exact) mass is 376 g/mol. The average Bonchev–Trinajstić information content (AvgIpc) is 2.65. The first-order valence-electron chi connectivity index (χ1n) is 7.78. The maximum atomic E-state index is 14.5. The number of nitrogens with zero attached hydrogens (tertiary/aromatic N) is 3. The Balaban J connectivity index is 2.22. The van der Waals surface area contributed by atoms with Crippen LogP contribution in [-0.2, 0) is 0 Å². The number of nitrogens with one attached hydrogen (secondary N) is 1. The first kappa shape index (κ1) is 20.0. The molecule has 0 saturated carbocycles. The van der Waals surface area contributed by atoms with Crippen LogP contribution in [0.1, 0.15) is 26.3 Å². The quantitative estimate of drug-likeness (QED) is 0.476. The fourth-order valence-electron chi connectivity index (χ4n) is 2.24. The standard InChI is InChI=1S/C18H18F2N4O3/c1-23(2)15-6-4-5-13(16(15)20)18(26)24(3)21-10-12-8-7-11(9-14(12)19)17(25)22-27/h4-10,27H,1-3H3,(H,22,25)/b21-10+. The highest BCUT2D eigenvalue weighted by Crippen LogP contribution is 2.21. The van der Waals surface area contributed by atoms with Crippen LogP contribution in [0.4, 0.5) is 14.5 Å². The molecular formula is C18H18F2N4O3. The second-order valence-corrected chi connectivity index (χ2v) is 5.78. The van der Waals surface area contributed by atoms with E-state index in [0.717, 1.165) is 17.3 Å². The molecule has 0 atom stereocenters. The predicted molar refractivity (Wildman–Crippen MR) is 96.1 cm³/mol. The van der Waals surface area contributed by atoms with E-state index in [1.165, 1.54) is 41.7 Å². The van der Waals surface area contributed by atoms with Crippen molar-refractivity contribution >= 4 is 23.7 Å². The van der Waals surface area contributed by atoms with E-state index in [2.05, 4.69) is 5.10 Å². The molecule has 2 N–H and O–H groups in total. The highest BCUT2D eigenvalue weighted by atomic mass is 19.1. The van der Waals surface area contributed by atoms with Crippen molar-refractivity contribution in [2.45, 2.75) is 0 Å². The lowest BCUT2D eigenvalue weighted by Crippen LogP contribution is -2.23. The lowest BCUT2D eigenvalue weighted by Gasteiger charge is -2.17. The van der Waals surface area contributed by atoms with Gasteiger partial charge in [-0.3, -0.25) is 14.8 Å². The molecule has 2 aromatic rings. The van der Waals surface area contributed by atoms with Crippen LogP contribution < -0.4 is 10.4 Å². The Morgan fingerprint density at radius 3 is 2.44 bits per heavy atom. The molecule has 0 aliphatic carbocycles. The van der Waals surface area contributed by atoms with Gasteiger partial charge in [0.05, 0.1) is 17.5 Å². The van der Waals surface area contributed by atoms with Gasteiger partial charge in [0, 0.05) is 32.3 Å². The van der Waals surface area contributed by atoms with Gasteiger partial charge in [-0.15, -0.1) is 0 Å². The second-order valence-electron chi connectivity index (χ2n) is 5.78. The first-order valence-corrected chi connectivity index (χ1v) is 7.78. The van der Waals surface area contributed by atoms with E-state index in [9.17, 15) is 18.4 Å². The topological polar surface area (TPSA) is 85.2 Å². The molecule has 142 valence electrons. The molecule has 0 aliphatic heterocycles. The molecular weight excluding hydrogens is 358 g/mol. The summed E-state index contributed by atoms with van der Waals surface area (Å²) in [6, 6.07) is 7.87. The van der Waals surface area contributed by atoms with Crippen LogP contribution in [0, 0.1) is 11.6 Å². The third-order valence-electron chi connectivity index (χ3n) is 3.72. The molecule has 0 heterocycles. The van der Waals surface area contributed by atoms with Gasteiger partial charge < -0.3 is 4.90 Å². The summed E-state index contributed by atoms with van der Waals surface area (Å²) in [5, 5.41) is 13.3. The number of amides is 2. The molecule has 2 rings (SSSR count). The number of anilines is 1. The van der Waals surface area contributed by atoms with Gasteiger partial charge in [0.25, 0.3) is 11.8 Å². The molecule has 9 heteroatoms. The number of halogens is 2. The number of carbonyl (C=O) groups is 2. The van der Waals surface area contributed by atoms with Crippen LogP contribution in [0.15, 0.2) is 41.5 Å². The molecule has 0 aromatic heterocycles. The molecule has 0 unspecified atom stereocenters. The van der Waals surface area contributed by atoms with Gasteiger partial charge in [0.15, 0.2) is 5.82 Å². The van der Waals surface area contributed by atoms with Gasteiger partial charge in [-0.1, -0.05) is 6.07 Å². The van der Waals surface area contributed by atoms with E-state index in [0.29, 0.717) is 0 Å². The van der Waals surface area contributed by atoms with Crippen molar-refractivity contribution in [2.75, 3.05) is 26.0 Å². The van der Waals surface area contributed by atoms with Crippen molar-refractivity contribution in [1.29, 1.82) is 0 Å². The van der Waals surface area contributed by atoms with Crippen molar-refractivity contribution < 1.29 is 23.6 Å². The SMILES string of the molecule is CN(/N=C/c1ccc(C(=O)NO)cc1F)C(=O)c1cccc(N(C)C)c1F. The van der Waals surface area contributed by atoms with E-state index >= 15 is 0 Å². The van der Waals surface area contributed by atoms with Crippen molar-refractivity contribution in [3.8, 4) is 0 Å². The third kappa shape index (κ3) is 4.45. The summed E-state index contributed by atoms with van der Waals surface area (Å²) in [5.41, 5.74) is 1.40. The molecule has 0 aliphatic rings. The average molecular weight is 376 g/mol. The lowest BCUT2D eigenvalue weighted by atomic mass is 10.1. The smallest absolute Gasteiger partial charge is 0.276 e. The van der Waals surface area contributed by atoms with Crippen LogP contribution in [0.5, 0.6) is 0 Å². The van der Waals surface area contributed by atoms with Gasteiger partial charge in [-0.2, -0.15) is 5.10 Å². The number of hydrogen-bond donors (Lipinski definition) is 2. The van der Waals surface area contributed by atoms with E-state index in [1.807, 2.05) is 0 Å². The number of benzene rings is 2. The summed E-state index contributed by atoms with van der Waals surface area (Å²) in [5.74, 6) is -3.02. The largest absolute Gasteiger partial charge is 0.375 e. The molecule has 0 fully saturated rings. The highest BCUT2D eigenvalue weighted by Gasteiger charge is 2.19. The molecule has 0 bridgehead atoms. The Labute approximate surface area is 154 Å². The zero-order valence-corrected chi connectivity index (χ0v) is 14.9. The lowest BCUT2D eigenvalue weighted by molar-refractivity contribution is 0.0705. The second kappa shape index (κ2) is 8.37. The minimum Gasteiger partial charge on any atom is -0.375 e. The number of hydrogen-bond acceptors (Lipinski definition) is 5. The molecule has 2 aromatic carbocycles. The Kier molecular flexibility index (Phi) is 6.19. The molecule has 7 nitrogen and oxygen atoms in total. The predicted octanol–water partition coefficient (Wildman–Crippen LogP) is 2.26. The van der Waals surface area contributed by atoms with Gasteiger partial charge in [0.1, 0.15) is 5.82 Å². The molecule has 0 radical (unpaired) electrons. The summed E-state index contributed by atoms with van der Waals surface area (Å²) in [6.07, 6.45) is 1.07. The fraction of sp³-hybridized carbons (Fsp3) is 0.167. The highest BCUT2D eigenvalue weighted by molar-refractivity contribution is 5.96. The molecule has 2 amide bonds. The normalized spacial score (nSPS) is 10.7. The summed E-state index contributed by atoms with van der Waals surface area (Å²) < 4.78 is 28.5. The van der Waals surface area contributed by atoms with Crippen molar-refractivity contribution in [2.24, 2.45) is 5.10 Å². The van der Waals surface area contributed by atoms with Gasteiger partial charge in [-0.25, -0.2) is 19.3 Å². The van der Waals surface area contributed by atoms with E-state index < -0.39 is 23.4 Å². The van der Waals surface area contributed by atoms with E-state index in [4.69, 9.17) is 5.21 Å². The Bertz CT molecular complexity index is 900. The molecule has 27 heavy (non-hydrogen) atoms. The Hall–Kier alpha value is -3.33. The number of hydroxylamine groups is 1. The van der Waals surface area contributed by atoms with Crippen LogP contribution in [0.3, 0.4) is 0 Å². The first-order chi connectivity index (χ1) is 12.8. The van der Waals surface area contributed by atoms with Crippen LogP contribution in [0.2, 0.25) is 0 Å². The number of hydrazone groups is 1. The summed E-state index contributed by atoms with van der Waals surface area (Å²) in [7, 11) is 4.61. The number of rotatable bonds is 5. The summed E-state index contributed by atoms with van der Waals surface area (Å²) >= 11 is 0. The van der Waals surface area contributed by atoms with E-state index in [1.54, 1.807) is 20.2 Å². The fourth-order valence-corrected chi connectivity index (χ4v) is 2.24. The van der Waals surface area contributed by atoms with Gasteiger partial charge in [-0.05, 0) is 30.3 Å². The maximum absolute atomic E-state index is 14.5. The summed E-state index contributed by atoms with van der Waals surface area (Å²) in [4.78, 5) is 25.2. The zero-order chi connectivity index (χ0) is 20.1. The minimum atomic E-state index is -0.860. The maximum Gasteiger partial charge on any atom is 0.276 e. The van der Waals surface area contributed by atoms with Gasteiger partial charge in [0.2, 0.25) is 0 Å². The van der Waals surface area contributed by atoms with Crippen molar-refractivity contribution in [3.63, 3.8) is 0 Å². The zero-order valence-electron chi connectivity index (χ0n) is 14.9. The molecule has 0 spiro atoms. The van der Waals surface area contributed by atoms with Crippen LogP contribution >= 0.6 is 0 Å². The Morgan fingerprint density at radius 2 is 1.85 bits per heavy atom. The third-order valence-corrected chi connectivity index (χ3v) is 3.72. The van der Waals surface area contributed by atoms with Crippen LogP contribution in [0.25, 0.3) is 0 Å². The van der Waals surface area contributed by atoms with Crippen molar-refractivity contribution in [3.05, 3.63) is 64.7 Å². The van der Waals surface area contributed by atoms with E-state index in [-0.39, 0.29) is 22.4 Å². The summed E-state index contributed by atoms with van der Waals surface area (Å²) in [6.45, 7) is 0. The van der Waals surface area contributed by atoms with Crippen molar-refractivity contribution in [1.82, 2.24) is 10.5 Å². The Morgan fingerprint density at radius 1 is 1.15 bits per heavy atom.